The normalized spacial score (nSPS) is 16.5. The van der Waals surface area contributed by atoms with Gasteiger partial charge in [0.25, 0.3) is 0 Å². The molecule has 0 fully saturated rings. The molecule has 0 amide bonds. The lowest BCUT2D eigenvalue weighted by Gasteiger charge is -2.32. The Hall–Kier alpha value is -3.72. The average Bonchev–Trinajstić information content (AvgIpc) is 2.77. The fourth-order valence-corrected chi connectivity index (χ4v) is 3.60. The van der Waals surface area contributed by atoms with Crippen molar-refractivity contribution in [2.75, 3.05) is 19.1 Å². The van der Waals surface area contributed by atoms with Crippen LogP contribution in [0.3, 0.4) is 0 Å². The summed E-state index contributed by atoms with van der Waals surface area (Å²) in [4.78, 5) is 14.4. The van der Waals surface area contributed by atoms with Crippen LogP contribution >= 0.6 is 0 Å². The second kappa shape index (κ2) is 8.57. The zero-order valence-electron chi connectivity index (χ0n) is 18.5. The van der Waals surface area contributed by atoms with Crippen LogP contribution in [0.2, 0.25) is 0 Å². The SMILES string of the molecule is COC(=O)C1=CN(c2ccc(C(C)(C)C)cc2)C(N)=C(C#N)C1c1ccc(OC)cc1. The molecule has 2 aromatic rings. The summed E-state index contributed by atoms with van der Waals surface area (Å²) >= 11 is 0. The number of carbonyl (C=O) groups excluding carboxylic acids is 1. The van der Waals surface area contributed by atoms with Gasteiger partial charge in [0.15, 0.2) is 0 Å². The predicted molar refractivity (Wildman–Crippen MR) is 120 cm³/mol. The first-order valence-corrected chi connectivity index (χ1v) is 9.94. The summed E-state index contributed by atoms with van der Waals surface area (Å²) in [7, 11) is 2.90. The molecule has 6 heteroatoms. The molecule has 0 aromatic heterocycles. The Morgan fingerprint density at radius 2 is 1.68 bits per heavy atom. The van der Waals surface area contributed by atoms with Gasteiger partial charge in [-0.1, -0.05) is 45.0 Å². The molecule has 0 saturated carbocycles. The van der Waals surface area contributed by atoms with E-state index in [0.717, 1.165) is 11.3 Å². The molecule has 2 N–H and O–H groups in total. The molecule has 0 aliphatic carbocycles. The molecular formula is C25H27N3O3. The van der Waals surface area contributed by atoms with Gasteiger partial charge in [-0.2, -0.15) is 5.26 Å². The van der Waals surface area contributed by atoms with Crippen LogP contribution in [0, 0.1) is 11.3 Å². The molecular weight excluding hydrogens is 390 g/mol. The Balaban J connectivity index is 2.12. The summed E-state index contributed by atoms with van der Waals surface area (Å²) in [6.45, 7) is 6.42. The summed E-state index contributed by atoms with van der Waals surface area (Å²) in [5, 5.41) is 9.96. The van der Waals surface area contributed by atoms with Crippen LogP contribution in [0.15, 0.2) is 71.7 Å². The molecule has 1 atom stereocenters. The quantitative estimate of drug-likeness (QED) is 0.744. The molecule has 1 heterocycles. The second-order valence-electron chi connectivity index (χ2n) is 8.36. The average molecular weight is 418 g/mol. The Morgan fingerprint density at radius 1 is 1.06 bits per heavy atom. The van der Waals surface area contributed by atoms with Crippen molar-refractivity contribution in [1.82, 2.24) is 0 Å². The van der Waals surface area contributed by atoms with Crippen molar-refractivity contribution < 1.29 is 14.3 Å². The first kappa shape index (κ1) is 22.0. The van der Waals surface area contributed by atoms with E-state index in [-0.39, 0.29) is 16.8 Å². The third kappa shape index (κ3) is 4.26. The number of rotatable bonds is 4. The Bertz CT molecular complexity index is 1070. The van der Waals surface area contributed by atoms with Gasteiger partial charge >= 0.3 is 5.97 Å². The van der Waals surface area contributed by atoms with Crippen molar-refractivity contribution in [2.45, 2.75) is 32.1 Å². The molecule has 0 saturated heterocycles. The lowest BCUT2D eigenvalue weighted by molar-refractivity contribution is -0.136. The number of ether oxygens (including phenoxy) is 2. The number of nitriles is 1. The minimum absolute atomic E-state index is 0.00606. The molecule has 0 radical (unpaired) electrons. The van der Waals surface area contributed by atoms with Crippen molar-refractivity contribution in [3.8, 4) is 11.8 Å². The smallest absolute Gasteiger partial charge is 0.336 e. The van der Waals surface area contributed by atoms with Crippen LogP contribution in [0.5, 0.6) is 5.75 Å². The summed E-state index contributed by atoms with van der Waals surface area (Å²) in [5.74, 6) is -0.190. The van der Waals surface area contributed by atoms with E-state index in [2.05, 4.69) is 26.8 Å². The Labute approximate surface area is 183 Å². The van der Waals surface area contributed by atoms with Gasteiger partial charge in [0, 0.05) is 11.9 Å². The lowest BCUT2D eigenvalue weighted by Crippen LogP contribution is -2.33. The number of nitrogens with two attached hydrogens (primary N) is 1. The number of nitrogens with zero attached hydrogens (tertiary/aromatic N) is 2. The van der Waals surface area contributed by atoms with E-state index in [9.17, 15) is 10.1 Å². The Kier molecular flexibility index (Phi) is 6.07. The van der Waals surface area contributed by atoms with E-state index < -0.39 is 11.9 Å². The minimum Gasteiger partial charge on any atom is -0.497 e. The first-order valence-electron chi connectivity index (χ1n) is 9.94. The van der Waals surface area contributed by atoms with E-state index in [0.29, 0.717) is 11.3 Å². The van der Waals surface area contributed by atoms with Crippen LogP contribution in [0.4, 0.5) is 5.69 Å². The molecule has 3 rings (SSSR count). The van der Waals surface area contributed by atoms with Crippen LogP contribution in [-0.2, 0) is 14.9 Å². The largest absolute Gasteiger partial charge is 0.497 e. The number of esters is 1. The minimum atomic E-state index is -0.631. The lowest BCUT2D eigenvalue weighted by atomic mass is 9.83. The summed E-state index contributed by atoms with van der Waals surface area (Å²) < 4.78 is 10.2. The van der Waals surface area contributed by atoms with Gasteiger partial charge in [0.05, 0.1) is 37.4 Å². The van der Waals surface area contributed by atoms with Crippen molar-refractivity contribution in [3.63, 3.8) is 0 Å². The molecule has 0 bridgehead atoms. The van der Waals surface area contributed by atoms with Crippen LogP contribution in [0.25, 0.3) is 0 Å². The summed E-state index contributed by atoms with van der Waals surface area (Å²) in [6, 6.07) is 17.3. The van der Waals surface area contributed by atoms with Crippen molar-refractivity contribution in [1.29, 1.82) is 5.26 Å². The number of allylic oxidation sites excluding steroid dienone is 1. The first-order chi connectivity index (χ1) is 14.7. The molecule has 160 valence electrons. The van der Waals surface area contributed by atoms with E-state index in [1.807, 2.05) is 36.4 Å². The van der Waals surface area contributed by atoms with E-state index in [4.69, 9.17) is 15.2 Å². The van der Waals surface area contributed by atoms with Gasteiger partial charge in [0.2, 0.25) is 0 Å². The van der Waals surface area contributed by atoms with Gasteiger partial charge in [-0.15, -0.1) is 0 Å². The highest BCUT2D eigenvalue weighted by atomic mass is 16.5. The monoisotopic (exact) mass is 417 g/mol. The summed E-state index contributed by atoms with van der Waals surface area (Å²) in [6.07, 6.45) is 1.66. The summed E-state index contributed by atoms with van der Waals surface area (Å²) in [5.41, 5.74) is 9.74. The van der Waals surface area contributed by atoms with Gasteiger partial charge in [-0.3, -0.25) is 0 Å². The highest BCUT2D eigenvalue weighted by Gasteiger charge is 2.35. The standard InChI is InChI=1S/C25H27N3O3/c1-25(2,3)17-8-10-18(11-9-17)28-15-21(24(29)31-5)22(20(14-26)23(28)27)16-6-12-19(30-4)13-7-16/h6-13,15,22H,27H2,1-5H3. The number of hydrogen-bond donors (Lipinski definition) is 1. The van der Waals surface area contributed by atoms with Crippen LogP contribution in [-0.4, -0.2) is 20.2 Å². The van der Waals surface area contributed by atoms with E-state index in [1.54, 1.807) is 30.3 Å². The van der Waals surface area contributed by atoms with Crippen LogP contribution in [0.1, 0.15) is 37.8 Å². The number of anilines is 1. The molecule has 2 aromatic carbocycles. The highest BCUT2D eigenvalue weighted by Crippen LogP contribution is 2.40. The van der Waals surface area contributed by atoms with Crippen molar-refractivity contribution in [3.05, 3.63) is 82.8 Å². The van der Waals surface area contributed by atoms with Gasteiger partial charge in [-0.25, -0.2) is 4.79 Å². The Morgan fingerprint density at radius 3 is 2.16 bits per heavy atom. The topological polar surface area (TPSA) is 88.6 Å². The molecule has 1 unspecified atom stereocenters. The maximum Gasteiger partial charge on any atom is 0.336 e. The van der Waals surface area contributed by atoms with Crippen LogP contribution < -0.4 is 15.4 Å². The number of methoxy groups -OCH3 is 2. The number of benzene rings is 2. The van der Waals surface area contributed by atoms with Gasteiger partial charge in [0.1, 0.15) is 11.6 Å². The van der Waals surface area contributed by atoms with E-state index in [1.165, 1.54) is 12.7 Å². The fraction of sp³-hybridized carbons (Fsp3) is 0.280. The van der Waals surface area contributed by atoms with E-state index >= 15 is 0 Å². The number of hydrogen-bond acceptors (Lipinski definition) is 6. The highest BCUT2D eigenvalue weighted by molar-refractivity contribution is 5.93. The predicted octanol–water partition coefficient (Wildman–Crippen LogP) is 4.35. The maximum atomic E-state index is 12.7. The molecule has 6 nitrogen and oxygen atoms in total. The molecule has 1 aliphatic heterocycles. The zero-order valence-corrected chi connectivity index (χ0v) is 18.5. The third-order valence-corrected chi connectivity index (χ3v) is 5.41. The molecule has 0 spiro atoms. The third-order valence-electron chi connectivity index (χ3n) is 5.41. The number of carbonyl (C=O) groups is 1. The van der Waals surface area contributed by atoms with Gasteiger partial charge in [-0.05, 0) is 40.8 Å². The van der Waals surface area contributed by atoms with Crippen molar-refractivity contribution in [2.24, 2.45) is 5.73 Å². The molecule has 31 heavy (non-hydrogen) atoms. The van der Waals surface area contributed by atoms with Gasteiger partial charge < -0.3 is 20.1 Å². The molecule has 1 aliphatic rings. The van der Waals surface area contributed by atoms with Crippen molar-refractivity contribution >= 4 is 11.7 Å². The fourth-order valence-electron chi connectivity index (χ4n) is 3.60. The zero-order chi connectivity index (χ0) is 22.8. The maximum absolute atomic E-state index is 12.7. The second-order valence-corrected chi connectivity index (χ2v) is 8.36.